The van der Waals surface area contributed by atoms with E-state index in [1.807, 2.05) is 0 Å². The minimum absolute atomic E-state index is 0.0175. The fourth-order valence-corrected chi connectivity index (χ4v) is 2.18. The van der Waals surface area contributed by atoms with E-state index in [2.05, 4.69) is 17.9 Å². The van der Waals surface area contributed by atoms with Crippen LogP contribution in [0.2, 0.25) is 0 Å². The van der Waals surface area contributed by atoms with Crippen LogP contribution in [0.15, 0.2) is 79.8 Å². The fourth-order valence-electron chi connectivity index (χ4n) is 2.18. The van der Waals surface area contributed by atoms with E-state index in [9.17, 15) is 22.8 Å². The normalized spacial score (nSPS) is 11.1. The summed E-state index contributed by atoms with van der Waals surface area (Å²) in [6.45, 7) is 7.93. The minimum Gasteiger partial charge on any atom is -0.462 e. The highest BCUT2D eigenvalue weighted by Gasteiger charge is 2.35. The molecule has 0 bridgehead atoms. The van der Waals surface area contributed by atoms with Crippen molar-refractivity contribution in [3.8, 4) is 22.6 Å². The third-order valence-corrected chi connectivity index (χ3v) is 3.63. The molecule has 0 fully saturated rings. The molecule has 8 heteroatoms. The Balaban J connectivity index is 2.22. The van der Waals surface area contributed by atoms with Crippen LogP contribution in [0.5, 0.6) is 11.5 Å². The maximum atomic E-state index is 13.4. The molecule has 30 heavy (non-hydrogen) atoms. The van der Waals surface area contributed by atoms with Gasteiger partial charge in [0.25, 0.3) is 0 Å². The first-order valence-corrected chi connectivity index (χ1v) is 8.46. The van der Waals surface area contributed by atoms with E-state index in [1.54, 1.807) is 12.1 Å². The summed E-state index contributed by atoms with van der Waals surface area (Å²) >= 11 is 0. The number of alkyl halides is 3. The molecule has 0 atom stereocenters. The molecule has 0 aliphatic carbocycles. The van der Waals surface area contributed by atoms with Crippen LogP contribution in [-0.2, 0) is 20.5 Å². The molecular formula is C22H17F3O5. The third kappa shape index (κ3) is 6.10. The Morgan fingerprint density at radius 1 is 1.00 bits per heavy atom. The first kappa shape index (κ1) is 22.5. The molecule has 2 aromatic carbocycles. The number of carbonyl (C=O) groups is 2. The van der Waals surface area contributed by atoms with E-state index in [0.29, 0.717) is 11.3 Å². The molecule has 156 valence electrons. The number of ether oxygens (including phenoxy) is 3. The standard InChI is InChI=1S/C22H17F3O5/c1-4-20(26)29-12-11-28-17-8-5-15(6-9-17)16-7-10-19(30-21(27)14(2)3)18(13-16)22(23,24)25/h4-13H,1-2H2,3H3. The molecule has 2 aromatic rings. The molecule has 0 saturated carbocycles. The Hall–Kier alpha value is -3.81. The lowest BCUT2D eigenvalue weighted by molar-refractivity contribution is -0.141. The van der Waals surface area contributed by atoms with Crippen molar-refractivity contribution in [2.24, 2.45) is 0 Å². The summed E-state index contributed by atoms with van der Waals surface area (Å²) in [6, 6.07) is 9.53. The van der Waals surface area contributed by atoms with Crippen molar-refractivity contribution in [1.29, 1.82) is 0 Å². The van der Waals surface area contributed by atoms with E-state index in [-0.39, 0.29) is 11.1 Å². The SMILES string of the molecule is C=CC(=O)OC=COc1ccc(-c2ccc(OC(=O)C(=C)C)c(C(F)(F)F)c2)cc1. The Bertz CT molecular complexity index is 989. The number of halogens is 3. The number of carbonyl (C=O) groups excluding carboxylic acids is 2. The van der Waals surface area contributed by atoms with Gasteiger partial charge in [-0.05, 0) is 42.3 Å². The van der Waals surface area contributed by atoms with Crippen LogP contribution in [0.3, 0.4) is 0 Å². The maximum absolute atomic E-state index is 13.4. The van der Waals surface area contributed by atoms with Crippen molar-refractivity contribution in [1.82, 2.24) is 0 Å². The minimum atomic E-state index is -4.72. The van der Waals surface area contributed by atoms with Crippen LogP contribution in [0.25, 0.3) is 11.1 Å². The molecule has 0 N–H and O–H groups in total. The van der Waals surface area contributed by atoms with Crippen molar-refractivity contribution in [3.63, 3.8) is 0 Å². The van der Waals surface area contributed by atoms with Gasteiger partial charge >= 0.3 is 18.1 Å². The van der Waals surface area contributed by atoms with E-state index < -0.39 is 29.4 Å². The topological polar surface area (TPSA) is 61.8 Å². The zero-order chi connectivity index (χ0) is 22.3. The van der Waals surface area contributed by atoms with Crippen molar-refractivity contribution >= 4 is 11.9 Å². The van der Waals surface area contributed by atoms with Gasteiger partial charge in [0.05, 0.1) is 5.56 Å². The predicted molar refractivity (Wildman–Crippen MR) is 103 cm³/mol. The summed E-state index contributed by atoms with van der Waals surface area (Å²) in [5.74, 6) is -1.82. The molecule has 0 heterocycles. The summed E-state index contributed by atoms with van der Waals surface area (Å²) in [5, 5.41) is 0. The summed E-state index contributed by atoms with van der Waals surface area (Å²) in [5.41, 5.74) is -0.356. The van der Waals surface area contributed by atoms with E-state index in [4.69, 9.17) is 9.47 Å². The molecule has 0 saturated heterocycles. The van der Waals surface area contributed by atoms with Gasteiger partial charge in [0, 0.05) is 11.6 Å². The zero-order valence-corrected chi connectivity index (χ0v) is 15.9. The smallest absolute Gasteiger partial charge is 0.420 e. The van der Waals surface area contributed by atoms with Gasteiger partial charge in [-0.25, -0.2) is 9.59 Å². The molecule has 0 spiro atoms. The van der Waals surface area contributed by atoms with Crippen LogP contribution in [0.4, 0.5) is 13.2 Å². The summed E-state index contributed by atoms with van der Waals surface area (Å²) in [4.78, 5) is 22.5. The van der Waals surface area contributed by atoms with Gasteiger partial charge in [0.15, 0.2) is 0 Å². The lowest BCUT2D eigenvalue weighted by Gasteiger charge is -2.14. The second kappa shape index (κ2) is 9.60. The summed E-state index contributed by atoms with van der Waals surface area (Å²) < 4.78 is 54.9. The number of hydrogen-bond donors (Lipinski definition) is 0. The third-order valence-electron chi connectivity index (χ3n) is 3.63. The van der Waals surface area contributed by atoms with Gasteiger partial charge in [-0.1, -0.05) is 31.4 Å². The lowest BCUT2D eigenvalue weighted by Crippen LogP contribution is -2.14. The average molecular weight is 418 g/mol. The number of hydrogen-bond acceptors (Lipinski definition) is 5. The summed E-state index contributed by atoms with van der Waals surface area (Å²) in [6.07, 6.45) is -1.59. The van der Waals surface area contributed by atoms with Crippen molar-refractivity contribution < 1.29 is 37.0 Å². The second-order valence-electron chi connectivity index (χ2n) is 5.93. The summed E-state index contributed by atoms with van der Waals surface area (Å²) in [7, 11) is 0. The molecule has 0 unspecified atom stereocenters. The zero-order valence-electron chi connectivity index (χ0n) is 15.9. The monoisotopic (exact) mass is 418 g/mol. The second-order valence-corrected chi connectivity index (χ2v) is 5.93. The molecule has 0 aliphatic rings. The Morgan fingerprint density at radius 3 is 2.20 bits per heavy atom. The Morgan fingerprint density at radius 2 is 1.63 bits per heavy atom. The highest BCUT2D eigenvalue weighted by molar-refractivity contribution is 5.89. The predicted octanol–water partition coefficient (Wildman–Crippen LogP) is 5.43. The van der Waals surface area contributed by atoms with Crippen molar-refractivity contribution in [3.05, 3.63) is 85.4 Å². The number of esters is 2. The Labute approximate surface area is 170 Å². The first-order chi connectivity index (χ1) is 14.1. The molecule has 5 nitrogen and oxygen atoms in total. The molecule has 0 amide bonds. The van der Waals surface area contributed by atoms with Crippen LogP contribution in [0.1, 0.15) is 12.5 Å². The van der Waals surface area contributed by atoms with E-state index in [0.717, 1.165) is 30.7 Å². The van der Waals surface area contributed by atoms with Crippen molar-refractivity contribution in [2.45, 2.75) is 13.1 Å². The Kier molecular flexibility index (Phi) is 7.19. The fraction of sp³-hybridized carbons (Fsp3) is 0.0909. The van der Waals surface area contributed by atoms with Crippen molar-refractivity contribution in [2.75, 3.05) is 0 Å². The lowest BCUT2D eigenvalue weighted by atomic mass is 10.0. The van der Waals surface area contributed by atoms with E-state index in [1.165, 1.54) is 25.1 Å². The number of rotatable bonds is 7. The first-order valence-electron chi connectivity index (χ1n) is 8.46. The van der Waals surface area contributed by atoms with Crippen LogP contribution >= 0.6 is 0 Å². The molecule has 0 radical (unpaired) electrons. The molecule has 2 rings (SSSR count). The molecule has 0 aliphatic heterocycles. The quantitative estimate of drug-likeness (QED) is 0.260. The number of benzene rings is 2. The highest BCUT2D eigenvalue weighted by atomic mass is 19.4. The van der Waals surface area contributed by atoms with Gasteiger partial charge in [-0.3, -0.25) is 0 Å². The van der Waals surface area contributed by atoms with Gasteiger partial charge in [0.1, 0.15) is 24.0 Å². The van der Waals surface area contributed by atoms with Gasteiger partial charge in [-0.15, -0.1) is 0 Å². The van der Waals surface area contributed by atoms with Gasteiger partial charge < -0.3 is 14.2 Å². The van der Waals surface area contributed by atoms with E-state index >= 15 is 0 Å². The maximum Gasteiger partial charge on any atom is 0.420 e. The average Bonchev–Trinajstić information content (AvgIpc) is 2.70. The molecular weight excluding hydrogens is 401 g/mol. The highest BCUT2D eigenvalue weighted by Crippen LogP contribution is 2.39. The largest absolute Gasteiger partial charge is 0.462 e. The van der Waals surface area contributed by atoms with Crippen LogP contribution < -0.4 is 9.47 Å². The van der Waals surface area contributed by atoms with Crippen LogP contribution in [0, 0.1) is 0 Å². The van der Waals surface area contributed by atoms with Crippen LogP contribution in [-0.4, -0.2) is 11.9 Å². The van der Waals surface area contributed by atoms with Gasteiger partial charge in [-0.2, -0.15) is 13.2 Å². The van der Waals surface area contributed by atoms with Gasteiger partial charge in [0.2, 0.25) is 0 Å². The molecule has 0 aromatic heterocycles.